The average Bonchev–Trinajstić information content (AvgIpc) is 2.52. The Labute approximate surface area is 132 Å². The van der Waals surface area contributed by atoms with Crippen LogP contribution >= 0.6 is 12.2 Å². The third-order valence-electron chi connectivity index (χ3n) is 3.42. The van der Waals surface area contributed by atoms with Crippen LogP contribution in [0.1, 0.15) is 11.1 Å². The van der Waals surface area contributed by atoms with E-state index in [2.05, 4.69) is 9.97 Å². The van der Waals surface area contributed by atoms with Gasteiger partial charge in [-0.2, -0.15) is 0 Å². The minimum Gasteiger partial charge on any atom is -0.508 e. The standard InChI is InChI=1S/C17H14N2O2S/c20-13-8-6-11(7-9-13)10-14-15(12-4-2-1-3-5-12)18-17(22)19-16(14)21/h1-9,20H,10H2,(H2,18,19,21,22). The molecule has 2 aromatic carbocycles. The van der Waals surface area contributed by atoms with Gasteiger partial charge in [-0.25, -0.2) is 0 Å². The van der Waals surface area contributed by atoms with Crippen molar-refractivity contribution in [2.45, 2.75) is 6.42 Å². The van der Waals surface area contributed by atoms with E-state index in [-0.39, 0.29) is 11.3 Å². The predicted octanol–water partition coefficient (Wildman–Crippen LogP) is 3.40. The van der Waals surface area contributed by atoms with Crippen LogP contribution in [0.3, 0.4) is 0 Å². The lowest BCUT2D eigenvalue weighted by Crippen LogP contribution is -2.16. The second-order valence-electron chi connectivity index (χ2n) is 4.97. The van der Waals surface area contributed by atoms with E-state index in [9.17, 15) is 9.90 Å². The fraction of sp³-hybridized carbons (Fsp3) is 0.0588. The van der Waals surface area contributed by atoms with Crippen molar-refractivity contribution in [3.05, 3.63) is 80.8 Å². The maximum absolute atomic E-state index is 12.3. The molecule has 0 saturated carbocycles. The summed E-state index contributed by atoms with van der Waals surface area (Å²) < 4.78 is 0.304. The molecular formula is C17H14N2O2S. The van der Waals surface area contributed by atoms with Crippen LogP contribution in [0.2, 0.25) is 0 Å². The van der Waals surface area contributed by atoms with Crippen molar-refractivity contribution in [3.8, 4) is 17.0 Å². The lowest BCUT2D eigenvalue weighted by molar-refractivity contribution is 0.475. The molecule has 0 unspecified atom stereocenters. The highest BCUT2D eigenvalue weighted by Crippen LogP contribution is 2.21. The van der Waals surface area contributed by atoms with Gasteiger partial charge in [-0.1, -0.05) is 42.5 Å². The van der Waals surface area contributed by atoms with E-state index in [1.807, 2.05) is 30.3 Å². The minimum atomic E-state index is -0.198. The van der Waals surface area contributed by atoms with Gasteiger partial charge in [0.2, 0.25) is 0 Å². The normalized spacial score (nSPS) is 10.5. The summed E-state index contributed by atoms with van der Waals surface area (Å²) in [6.07, 6.45) is 0.450. The first-order valence-corrected chi connectivity index (χ1v) is 7.23. The molecule has 3 rings (SSSR count). The maximum atomic E-state index is 12.3. The number of rotatable bonds is 3. The van der Waals surface area contributed by atoms with Gasteiger partial charge in [0.15, 0.2) is 4.77 Å². The molecule has 0 fully saturated rings. The van der Waals surface area contributed by atoms with Crippen molar-refractivity contribution in [1.29, 1.82) is 0 Å². The number of phenolic OH excluding ortho intramolecular Hbond substituents is 1. The van der Waals surface area contributed by atoms with Gasteiger partial charge in [0.25, 0.3) is 5.56 Å². The van der Waals surface area contributed by atoms with Gasteiger partial charge in [-0.3, -0.25) is 9.78 Å². The van der Waals surface area contributed by atoms with Gasteiger partial charge in [-0.15, -0.1) is 0 Å². The molecule has 3 N–H and O–H groups in total. The van der Waals surface area contributed by atoms with E-state index in [0.29, 0.717) is 16.8 Å². The topological polar surface area (TPSA) is 68.9 Å². The molecule has 0 bridgehead atoms. The molecule has 0 amide bonds. The molecule has 0 aliphatic heterocycles. The number of aromatic amines is 2. The van der Waals surface area contributed by atoms with E-state index in [1.54, 1.807) is 24.3 Å². The highest BCUT2D eigenvalue weighted by molar-refractivity contribution is 7.71. The van der Waals surface area contributed by atoms with Crippen LogP contribution in [0, 0.1) is 4.77 Å². The van der Waals surface area contributed by atoms with Crippen molar-refractivity contribution >= 4 is 12.2 Å². The first-order valence-electron chi connectivity index (χ1n) is 6.82. The van der Waals surface area contributed by atoms with Gasteiger partial charge in [0.05, 0.1) is 5.69 Å². The quantitative estimate of drug-likeness (QED) is 0.649. The van der Waals surface area contributed by atoms with Crippen molar-refractivity contribution in [1.82, 2.24) is 9.97 Å². The predicted molar refractivity (Wildman–Crippen MR) is 88.6 cm³/mol. The van der Waals surface area contributed by atoms with Gasteiger partial charge in [0, 0.05) is 12.0 Å². The Morgan fingerprint density at radius 1 is 0.955 bits per heavy atom. The van der Waals surface area contributed by atoms with Crippen LogP contribution in [-0.4, -0.2) is 15.1 Å². The average molecular weight is 310 g/mol. The Hall–Kier alpha value is -2.66. The zero-order chi connectivity index (χ0) is 15.5. The van der Waals surface area contributed by atoms with E-state index in [4.69, 9.17) is 12.2 Å². The molecule has 1 heterocycles. The monoisotopic (exact) mass is 310 g/mol. The summed E-state index contributed by atoms with van der Waals surface area (Å²) in [5.74, 6) is 0.202. The highest BCUT2D eigenvalue weighted by Gasteiger charge is 2.11. The number of nitrogens with one attached hydrogen (secondary N) is 2. The molecule has 22 heavy (non-hydrogen) atoms. The molecule has 5 heteroatoms. The summed E-state index contributed by atoms with van der Waals surface area (Å²) in [6, 6.07) is 16.4. The maximum Gasteiger partial charge on any atom is 0.255 e. The molecule has 0 aliphatic carbocycles. The third kappa shape index (κ3) is 2.99. The van der Waals surface area contributed by atoms with E-state index >= 15 is 0 Å². The second kappa shape index (κ2) is 5.99. The number of H-pyrrole nitrogens is 2. The summed E-state index contributed by atoms with van der Waals surface area (Å²) >= 11 is 5.08. The SMILES string of the molecule is O=c1[nH]c(=S)[nH]c(-c2ccccc2)c1Cc1ccc(O)cc1. The van der Waals surface area contributed by atoms with E-state index < -0.39 is 0 Å². The van der Waals surface area contributed by atoms with Crippen LogP contribution in [0.15, 0.2) is 59.4 Å². The van der Waals surface area contributed by atoms with Crippen LogP contribution < -0.4 is 5.56 Å². The van der Waals surface area contributed by atoms with Crippen molar-refractivity contribution in [2.24, 2.45) is 0 Å². The Bertz CT molecular complexity index is 896. The molecule has 3 aromatic rings. The molecule has 110 valence electrons. The smallest absolute Gasteiger partial charge is 0.255 e. The number of aromatic hydroxyl groups is 1. The zero-order valence-corrected chi connectivity index (χ0v) is 12.5. The number of hydrogen-bond donors (Lipinski definition) is 3. The Morgan fingerprint density at radius 3 is 2.32 bits per heavy atom. The van der Waals surface area contributed by atoms with Crippen molar-refractivity contribution < 1.29 is 5.11 Å². The van der Waals surface area contributed by atoms with Gasteiger partial charge < -0.3 is 10.1 Å². The lowest BCUT2D eigenvalue weighted by atomic mass is 10.0. The minimum absolute atomic E-state index is 0.198. The summed E-state index contributed by atoms with van der Waals surface area (Å²) in [4.78, 5) is 18.0. The van der Waals surface area contributed by atoms with Crippen LogP contribution in [0.4, 0.5) is 0 Å². The summed E-state index contributed by atoms with van der Waals surface area (Å²) in [5.41, 5.74) is 2.99. The first-order chi connectivity index (χ1) is 10.6. The Kier molecular flexibility index (Phi) is 3.89. The lowest BCUT2D eigenvalue weighted by Gasteiger charge is -2.09. The van der Waals surface area contributed by atoms with E-state index in [0.717, 1.165) is 16.8 Å². The molecule has 4 nitrogen and oxygen atoms in total. The number of hydrogen-bond acceptors (Lipinski definition) is 3. The summed E-state index contributed by atoms with van der Waals surface area (Å²) in [6.45, 7) is 0. The molecular weight excluding hydrogens is 296 g/mol. The van der Waals surface area contributed by atoms with Crippen LogP contribution in [0.25, 0.3) is 11.3 Å². The van der Waals surface area contributed by atoms with Gasteiger partial charge in [0.1, 0.15) is 5.75 Å². The zero-order valence-electron chi connectivity index (χ0n) is 11.7. The molecule has 1 aromatic heterocycles. The fourth-order valence-electron chi connectivity index (χ4n) is 2.35. The number of benzene rings is 2. The van der Waals surface area contributed by atoms with Gasteiger partial charge >= 0.3 is 0 Å². The molecule has 0 radical (unpaired) electrons. The van der Waals surface area contributed by atoms with Crippen LogP contribution in [0.5, 0.6) is 5.75 Å². The van der Waals surface area contributed by atoms with Gasteiger partial charge in [-0.05, 0) is 35.5 Å². The number of phenols is 1. The number of aromatic nitrogens is 2. The molecule has 0 aliphatic rings. The molecule has 0 spiro atoms. The Balaban J connectivity index is 2.12. The van der Waals surface area contributed by atoms with E-state index in [1.165, 1.54) is 0 Å². The Morgan fingerprint density at radius 2 is 1.64 bits per heavy atom. The fourth-order valence-corrected chi connectivity index (χ4v) is 2.54. The van der Waals surface area contributed by atoms with Crippen molar-refractivity contribution in [3.63, 3.8) is 0 Å². The summed E-state index contributed by atoms with van der Waals surface area (Å²) in [7, 11) is 0. The summed E-state index contributed by atoms with van der Waals surface area (Å²) in [5, 5.41) is 9.36. The van der Waals surface area contributed by atoms with Crippen LogP contribution in [-0.2, 0) is 6.42 Å². The largest absolute Gasteiger partial charge is 0.508 e. The third-order valence-corrected chi connectivity index (χ3v) is 3.63. The van der Waals surface area contributed by atoms with Crippen molar-refractivity contribution in [2.75, 3.05) is 0 Å². The second-order valence-corrected chi connectivity index (χ2v) is 5.38. The molecule has 0 saturated heterocycles. The highest BCUT2D eigenvalue weighted by atomic mass is 32.1. The molecule has 0 atom stereocenters. The first kappa shape index (κ1) is 14.3.